The molecule has 3 atom stereocenters. The molecule has 3 heterocycles. The third-order valence-corrected chi connectivity index (χ3v) is 3.41. The van der Waals surface area contributed by atoms with Gasteiger partial charge in [0.05, 0.1) is 18.9 Å². The van der Waals surface area contributed by atoms with Crippen LogP contribution in [0.4, 0.5) is 5.95 Å². The van der Waals surface area contributed by atoms with Crippen molar-refractivity contribution in [2.24, 2.45) is 0 Å². The number of aliphatic hydroxyl groups excluding tert-OH is 2. The molecule has 0 radical (unpaired) electrons. The Hall–Kier alpha value is -1.77. The second-order valence-corrected chi connectivity index (χ2v) is 5.02. The Bertz CT molecular complexity index is 614. The number of nitrogens with zero attached hydrogens (tertiary/aromatic N) is 5. The lowest BCUT2D eigenvalue weighted by Crippen LogP contribution is -2.24. The average molecular weight is 279 g/mol. The van der Waals surface area contributed by atoms with Crippen LogP contribution in [-0.2, 0) is 4.74 Å². The summed E-state index contributed by atoms with van der Waals surface area (Å²) in [7, 11) is 3.75. The standard InChI is InChI=1S/C12H17N5O3/c1-16(2)12-15-7-4-13-6-14-11(7)17(12)10-3-8(19)9(5-18)20-10/h4,6,8-10,18-19H,3,5H2,1-2H3/t8-,9+,10+/m1/s1. The van der Waals surface area contributed by atoms with Crippen LogP contribution in [0.3, 0.4) is 0 Å². The number of fused-ring (bicyclic) bond motifs is 1. The molecule has 1 fully saturated rings. The second-order valence-electron chi connectivity index (χ2n) is 5.02. The molecule has 2 N–H and O–H groups in total. The van der Waals surface area contributed by atoms with Crippen LogP contribution in [0.15, 0.2) is 12.5 Å². The molecule has 8 heteroatoms. The van der Waals surface area contributed by atoms with E-state index in [-0.39, 0.29) is 6.61 Å². The number of rotatable bonds is 3. The quantitative estimate of drug-likeness (QED) is 0.784. The first-order chi connectivity index (χ1) is 9.61. The Morgan fingerprint density at radius 3 is 2.95 bits per heavy atom. The summed E-state index contributed by atoms with van der Waals surface area (Å²) in [5.41, 5.74) is 1.32. The number of ether oxygens (including phenoxy) is 1. The molecule has 3 rings (SSSR count). The highest BCUT2D eigenvalue weighted by molar-refractivity contribution is 5.73. The molecule has 108 valence electrons. The molecular formula is C12H17N5O3. The first-order valence-corrected chi connectivity index (χ1v) is 6.41. The summed E-state index contributed by atoms with van der Waals surface area (Å²) in [6.45, 7) is -0.212. The molecule has 0 bridgehead atoms. The zero-order valence-corrected chi connectivity index (χ0v) is 11.3. The Labute approximate surface area is 115 Å². The van der Waals surface area contributed by atoms with E-state index in [9.17, 15) is 10.2 Å². The van der Waals surface area contributed by atoms with Gasteiger partial charge in [0.25, 0.3) is 0 Å². The zero-order valence-electron chi connectivity index (χ0n) is 11.3. The van der Waals surface area contributed by atoms with Crippen molar-refractivity contribution in [2.45, 2.75) is 24.9 Å². The van der Waals surface area contributed by atoms with Gasteiger partial charge in [-0.2, -0.15) is 0 Å². The molecule has 1 saturated heterocycles. The number of anilines is 1. The SMILES string of the molecule is CN(C)c1nc2cncnc2n1[C@@H]1C[C@@H](O)[C@H](CO)O1. The van der Waals surface area contributed by atoms with E-state index in [1.54, 1.807) is 6.20 Å². The Morgan fingerprint density at radius 2 is 2.30 bits per heavy atom. The lowest BCUT2D eigenvalue weighted by molar-refractivity contribution is -0.0427. The van der Waals surface area contributed by atoms with E-state index in [2.05, 4.69) is 15.0 Å². The van der Waals surface area contributed by atoms with Crippen molar-refractivity contribution in [1.82, 2.24) is 19.5 Å². The average Bonchev–Trinajstić information content (AvgIpc) is 2.98. The Kier molecular flexibility index (Phi) is 3.28. The van der Waals surface area contributed by atoms with E-state index < -0.39 is 18.4 Å². The summed E-state index contributed by atoms with van der Waals surface area (Å²) in [5, 5.41) is 19.1. The maximum atomic E-state index is 9.89. The normalized spacial score (nSPS) is 26.3. The van der Waals surface area contributed by atoms with E-state index >= 15 is 0 Å². The van der Waals surface area contributed by atoms with Crippen LogP contribution in [0, 0.1) is 0 Å². The Balaban J connectivity index is 2.08. The van der Waals surface area contributed by atoms with Gasteiger partial charge in [0, 0.05) is 20.5 Å². The molecule has 8 nitrogen and oxygen atoms in total. The van der Waals surface area contributed by atoms with E-state index in [0.717, 1.165) is 0 Å². The van der Waals surface area contributed by atoms with Crippen LogP contribution in [-0.4, -0.2) is 62.6 Å². The van der Waals surface area contributed by atoms with E-state index in [1.807, 2.05) is 23.6 Å². The summed E-state index contributed by atoms with van der Waals surface area (Å²) >= 11 is 0. The van der Waals surface area contributed by atoms with E-state index in [0.29, 0.717) is 23.5 Å². The summed E-state index contributed by atoms with van der Waals surface area (Å²) in [4.78, 5) is 14.5. The van der Waals surface area contributed by atoms with Gasteiger partial charge in [0.15, 0.2) is 5.65 Å². The maximum Gasteiger partial charge on any atom is 0.209 e. The van der Waals surface area contributed by atoms with Crippen molar-refractivity contribution in [3.63, 3.8) is 0 Å². The molecule has 1 aliphatic heterocycles. The predicted molar refractivity (Wildman–Crippen MR) is 71.3 cm³/mol. The first-order valence-electron chi connectivity index (χ1n) is 6.41. The number of imidazole rings is 1. The van der Waals surface area contributed by atoms with Gasteiger partial charge in [0.2, 0.25) is 5.95 Å². The van der Waals surface area contributed by atoms with Gasteiger partial charge < -0.3 is 19.8 Å². The fourth-order valence-corrected chi connectivity index (χ4v) is 2.45. The lowest BCUT2D eigenvalue weighted by Gasteiger charge is -2.19. The van der Waals surface area contributed by atoms with Crippen molar-refractivity contribution >= 4 is 17.1 Å². The fraction of sp³-hybridized carbons (Fsp3) is 0.583. The van der Waals surface area contributed by atoms with E-state index in [4.69, 9.17) is 4.74 Å². The van der Waals surface area contributed by atoms with Crippen LogP contribution in [0.25, 0.3) is 11.2 Å². The monoisotopic (exact) mass is 279 g/mol. The predicted octanol–water partition coefficient (Wildman–Crippen LogP) is -0.467. The van der Waals surface area contributed by atoms with Gasteiger partial charge in [0.1, 0.15) is 24.2 Å². The minimum absolute atomic E-state index is 0.212. The van der Waals surface area contributed by atoms with Crippen molar-refractivity contribution in [3.8, 4) is 0 Å². The number of hydrogen-bond donors (Lipinski definition) is 2. The van der Waals surface area contributed by atoms with Gasteiger partial charge >= 0.3 is 0 Å². The Morgan fingerprint density at radius 1 is 1.50 bits per heavy atom. The fourth-order valence-electron chi connectivity index (χ4n) is 2.45. The van der Waals surface area contributed by atoms with Gasteiger partial charge in [-0.1, -0.05) is 0 Å². The largest absolute Gasteiger partial charge is 0.394 e. The molecule has 0 aromatic carbocycles. The molecule has 0 aliphatic carbocycles. The highest BCUT2D eigenvalue weighted by Gasteiger charge is 2.36. The third kappa shape index (κ3) is 2.01. The van der Waals surface area contributed by atoms with Crippen LogP contribution in [0.1, 0.15) is 12.6 Å². The molecule has 0 amide bonds. The zero-order chi connectivity index (χ0) is 14.3. The molecule has 0 unspecified atom stereocenters. The second kappa shape index (κ2) is 4.97. The first kappa shape index (κ1) is 13.2. The van der Waals surface area contributed by atoms with Gasteiger partial charge in [-0.15, -0.1) is 0 Å². The van der Waals surface area contributed by atoms with Gasteiger partial charge in [-0.05, 0) is 0 Å². The van der Waals surface area contributed by atoms with Crippen molar-refractivity contribution in [1.29, 1.82) is 0 Å². The lowest BCUT2D eigenvalue weighted by atomic mass is 10.2. The third-order valence-electron chi connectivity index (χ3n) is 3.41. The van der Waals surface area contributed by atoms with Crippen LogP contribution >= 0.6 is 0 Å². The molecule has 20 heavy (non-hydrogen) atoms. The summed E-state index contributed by atoms with van der Waals surface area (Å²) in [5.74, 6) is 0.677. The minimum atomic E-state index is -0.695. The van der Waals surface area contributed by atoms with Gasteiger partial charge in [-0.25, -0.2) is 15.0 Å². The topological polar surface area (TPSA) is 96.5 Å². The number of aliphatic hydroxyl groups is 2. The molecule has 2 aromatic rings. The number of hydrogen-bond acceptors (Lipinski definition) is 7. The van der Waals surface area contributed by atoms with E-state index in [1.165, 1.54) is 6.33 Å². The molecule has 2 aromatic heterocycles. The smallest absolute Gasteiger partial charge is 0.209 e. The molecular weight excluding hydrogens is 262 g/mol. The van der Waals surface area contributed by atoms with Crippen LogP contribution < -0.4 is 4.90 Å². The molecule has 1 aliphatic rings. The van der Waals surface area contributed by atoms with Crippen LogP contribution in [0.5, 0.6) is 0 Å². The summed E-state index contributed by atoms with van der Waals surface area (Å²) in [6.07, 6.45) is 1.81. The highest BCUT2D eigenvalue weighted by Crippen LogP contribution is 2.34. The van der Waals surface area contributed by atoms with Crippen molar-refractivity contribution < 1.29 is 14.9 Å². The summed E-state index contributed by atoms with van der Waals surface area (Å²) in [6, 6.07) is 0. The number of aromatic nitrogens is 4. The van der Waals surface area contributed by atoms with Gasteiger partial charge in [-0.3, -0.25) is 4.57 Å². The van der Waals surface area contributed by atoms with Crippen molar-refractivity contribution in [3.05, 3.63) is 12.5 Å². The van der Waals surface area contributed by atoms with Crippen LogP contribution in [0.2, 0.25) is 0 Å². The maximum absolute atomic E-state index is 9.89. The highest BCUT2D eigenvalue weighted by atomic mass is 16.5. The minimum Gasteiger partial charge on any atom is -0.394 e. The summed E-state index contributed by atoms with van der Waals surface area (Å²) < 4.78 is 7.53. The molecule has 0 saturated carbocycles. The van der Waals surface area contributed by atoms with Crippen molar-refractivity contribution in [2.75, 3.05) is 25.6 Å². The molecule has 0 spiro atoms.